The number of hydrogen-bond donors (Lipinski definition) is 1. The molecule has 0 amide bonds. The highest BCUT2D eigenvalue weighted by Gasteiger charge is 2.26. The minimum atomic E-state index is -1.02. The molecule has 0 saturated carbocycles. The molecule has 0 aliphatic carbocycles. The van der Waals surface area contributed by atoms with E-state index in [2.05, 4.69) is 0 Å². The summed E-state index contributed by atoms with van der Waals surface area (Å²) >= 11 is 0. The average Bonchev–Trinajstić information content (AvgIpc) is 2.75. The van der Waals surface area contributed by atoms with Crippen LogP contribution in [0.4, 0.5) is 5.69 Å². The number of non-ortho nitro benzene ring substituents is 1. The summed E-state index contributed by atoms with van der Waals surface area (Å²) in [5.74, 6) is -0.504. The summed E-state index contributed by atoms with van der Waals surface area (Å²) in [6, 6.07) is 5.45. The predicted octanol–water partition coefficient (Wildman–Crippen LogP) is 1.11. The summed E-state index contributed by atoms with van der Waals surface area (Å²) in [5.41, 5.74) is 0.403. The van der Waals surface area contributed by atoms with Gasteiger partial charge in [-0.15, -0.1) is 0 Å². The highest BCUT2D eigenvalue weighted by molar-refractivity contribution is 5.84. The molecule has 1 aliphatic rings. The first kappa shape index (κ1) is 11.3. The van der Waals surface area contributed by atoms with Gasteiger partial charge in [-0.1, -0.05) is 0 Å². The van der Waals surface area contributed by atoms with Gasteiger partial charge >= 0.3 is 5.97 Å². The predicted molar refractivity (Wildman–Crippen MR) is 57.1 cm³/mol. The molecule has 6 nitrogen and oxygen atoms in total. The maximum absolute atomic E-state index is 10.8. The molecule has 17 heavy (non-hydrogen) atoms. The number of carbonyl (C=O) groups excluding carboxylic acids is 1. The van der Waals surface area contributed by atoms with Gasteiger partial charge in [-0.2, -0.15) is 0 Å². The molecular formula is C11H9NO5. The van der Waals surface area contributed by atoms with E-state index in [1.165, 1.54) is 36.4 Å². The maximum Gasteiger partial charge on any atom is 0.331 e. The van der Waals surface area contributed by atoms with E-state index in [0.717, 1.165) is 0 Å². The lowest BCUT2D eigenvalue weighted by molar-refractivity contribution is -0.384. The Morgan fingerprint density at radius 2 is 2.00 bits per heavy atom. The monoisotopic (exact) mass is 235 g/mol. The SMILES string of the molecule is O=C1C=C[C@H]([C@@H](O)c2ccc([N+](=O)[O-])cc2)O1. The van der Waals surface area contributed by atoms with Crippen LogP contribution in [-0.2, 0) is 9.53 Å². The van der Waals surface area contributed by atoms with Crippen molar-refractivity contribution in [3.63, 3.8) is 0 Å². The molecule has 0 radical (unpaired) electrons. The van der Waals surface area contributed by atoms with Crippen LogP contribution in [0.1, 0.15) is 11.7 Å². The number of nitrogens with zero attached hydrogens (tertiary/aromatic N) is 1. The van der Waals surface area contributed by atoms with Crippen LogP contribution >= 0.6 is 0 Å². The second kappa shape index (κ2) is 4.34. The van der Waals surface area contributed by atoms with Crippen LogP contribution in [0.15, 0.2) is 36.4 Å². The highest BCUT2D eigenvalue weighted by Crippen LogP contribution is 2.24. The Hall–Kier alpha value is -2.21. The zero-order valence-corrected chi connectivity index (χ0v) is 8.65. The lowest BCUT2D eigenvalue weighted by Gasteiger charge is -2.16. The van der Waals surface area contributed by atoms with Gasteiger partial charge in [-0.3, -0.25) is 10.1 Å². The number of aliphatic hydroxyl groups is 1. The number of carbonyl (C=O) groups is 1. The third-order valence-corrected chi connectivity index (χ3v) is 2.43. The fourth-order valence-corrected chi connectivity index (χ4v) is 1.54. The van der Waals surface area contributed by atoms with Crippen molar-refractivity contribution < 1.29 is 19.6 Å². The maximum atomic E-state index is 10.8. The van der Waals surface area contributed by atoms with Crippen molar-refractivity contribution in [2.75, 3.05) is 0 Å². The number of esters is 1. The van der Waals surface area contributed by atoms with E-state index in [4.69, 9.17) is 4.74 Å². The van der Waals surface area contributed by atoms with E-state index in [1.807, 2.05) is 0 Å². The lowest BCUT2D eigenvalue weighted by atomic mass is 10.0. The molecule has 0 saturated heterocycles. The summed E-state index contributed by atoms with van der Waals surface area (Å²) in [6.45, 7) is 0. The van der Waals surface area contributed by atoms with Crippen LogP contribution in [0, 0.1) is 10.1 Å². The molecule has 1 N–H and O–H groups in total. The standard InChI is InChI=1S/C11H9NO5/c13-10-6-5-9(17-10)11(14)7-1-3-8(4-2-7)12(15)16/h1-6,9,11,14H/t9-,11+/m1/s1. The Kier molecular flexibility index (Phi) is 2.88. The zero-order valence-electron chi connectivity index (χ0n) is 8.65. The van der Waals surface area contributed by atoms with E-state index in [0.29, 0.717) is 5.56 Å². The lowest BCUT2D eigenvalue weighted by Crippen LogP contribution is -2.18. The van der Waals surface area contributed by atoms with Gasteiger partial charge in [-0.25, -0.2) is 4.79 Å². The Morgan fingerprint density at radius 3 is 2.47 bits per heavy atom. The third kappa shape index (κ3) is 2.31. The van der Waals surface area contributed by atoms with Crippen molar-refractivity contribution >= 4 is 11.7 Å². The minimum Gasteiger partial charge on any atom is -0.452 e. The normalized spacial score (nSPS) is 20.1. The zero-order chi connectivity index (χ0) is 12.4. The molecule has 88 valence electrons. The van der Waals surface area contributed by atoms with Gasteiger partial charge in [0.15, 0.2) is 6.10 Å². The van der Waals surface area contributed by atoms with Gasteiger partial charge in [0.1, 0.15) is 6.10 Å². The van der Waals surface area contributed by atoms with Crippen molar-refractivity contribution in [1.82, 2.24) is 0 Å². The molecule has 6 heteroatoms. The second-order valence-electron chi connectivity index (χ2n) is 3.55. The molecule has 1 heterocycles. The molecule has 0 fully saturated rings. The third-order valence-electron chi connectivity index (χ3n) is 2.43. The van der Waals surface area contributed by atoms with Crippen LogP contribution in [0.5, 0.6) is 0 Å². The number of nitro benzene ring substituents is 1. The van der Waals surface area contributed by atoms with E-state index in [-0.39, 0.29) is 5.69 Å². The van der Waals surface area contributed by atoms with Crippen molar-refractivity contribution in [2.24, 2.45) is 0 Å². The fourth-order valence-electron chi connectivity index (χ4n) is 1.54. The Balaban J connectivity index is 2.14. The number of rotatable bonds is 3. The number of cyclic esters (lactones) is 1. The largest absolute Gasteiger partial charge is 0.452 e. The second-order valence-corrected chi connectivity index (χ2v) is 3.55. The van der Waals surface area contributed by atoms with E-state index >= 15 is 0 Å². The number of aliphatic hydroxyl groups excluding tert-OH is 1. The fraction of sp³-hybridized carbons (Fsp3) is 0.182. The first-order valence-corrected chi connectivity index (χ1v) is 4.89. The average molecular weight is 235 g/mol. The quantitative estimate of drug-likeness (QED) is 0.481. The van der Waals surface area contributed by atoms with Gasteiger partial charge in [0.05, 0.1) is 4.92 Å². The molecule has 1 aliphatic heterocycles. The summed E-state index contributed by atoms with van der Waals surface area (Å²) in [4.78, 5) is 20.7. The molecular weight excluding hydrogens is 226 g/mol. The molecule has 2 rings (SSSR count). The molecule has 0 aromatic heterocycles. The summed E-state index contributed by atoms with van der Waals surface area (Å²) < 4.78 is 4.82. The molecule has 1 aromatic rings. The first-order valence-electron chi connectivity index (χ1n) is 4.89. The topological polar surface area (TPSA) is 89.7 Å². The van der Waals surface area contributed by atoms with Crippen LogP contribution < -0.4 is 0 Å². The van der Waals surface area contributed by atoms with Crippen molar-refractivity contribution in [3.05, 3.63) is 52.1 Å². The summed E-state index contributed by atoms with van der Waals surface area (Å²) in [7, 11) is 0. The van der Waals surface area contributed by atoms with E-state index in [1.54, 1.807) is 0 Å². The minimum absolute atomic E-state index is 0.0556. The van der Waals surface area contributed by atoms with Gasteiger partial charge in [-0.05, 0) is 23.8 Å². The number of ether oxygens (including phenoxy) is 1. The Labute approximate surface area is 96.3 Å². The number of nitro groups is 1. The Bertz CT molecular complexity index is 479. The summed E-state index contributed by atoms with van der Waals surface area (Å²) in [6.07, 6.45) is 0.940. The Morgan fingerprint density at radius 1 is 1.35 bits per heavy atom. The van der Waals surface area contributed by atoms with Crippen LogP contribution in [0.3, 0.4) is 0 Å². The molecule has 0 bridgehead atoms. The van der Waals surface area contributed by atoms with E-state index < -0.39 is 23.1 Å². The van der Waals surface area contributed by atoms with Crippen molar-refractivity contribution in [3.8, 4) is 0 Å². The van der Waals surface area contributed by atoms with E-state index in [9.17, 15) is 20.0 Å². The number of benzene rings is 1. The number of hydrogen-bond acceptors (Lipinski definition) is 5. The van der Waals surface area contributed by atoms with Gasteiger partial charge in [0.25, 0.3) is 5.69 Å². The smallest absolute Gasteiger partial charge is 0.331 e. The van der Waals surface area contributed by atoms with Crippen LogP contribution in [0.2, 0.25) is 0 Å². The molecule has 0 spiro atoms. The van der Waals surface area contributed by atoms with Crippen LogP contribution in [0.25, 0.3) is 0 Å². The molecule has 1 aromatic carbocycles. The van der Waals surface area contributed by atoms with Gasteiger partial charge in [0, 0.05) is 18.2 Å². The van der Waals surface area contributed by atoms with Gasteiger partial charge in [0.2, 0.25) is 0 Å². The van der Waals surface area contributed by atoms with Crippen LogP contribution in [-0.4, -0.2) is 22.1 Å². The molecule has 0 unspecified atom stereocenters. The van der Waals surface area contributed by atoms with Crippen molar-refractivity contribution in [1.29, 1.82) is 0 Å². The van der Waals surface area contributed by atoms with Gasteiger partial charge < -0.3 is 9.84 Å². The molecule has 2 atom stereocenters. The summed E-state index contributed by atoms with van der Waals surface area (Å²) in [5, 5.41) is 20.3. The highest BCUT2D eigenvalue weighted by atomic mass is 16.6. The van der Waals surface area contributed by atoms with Crippen molar-refractivity contribution in [2.45, 2.75) is 12.2 Å². The first-order chi connectivity index (χ1) is 8.08.